The lowest BCUT2D eigenvalue weighted by molar-refractivity contribution is 0.414. The Labute approximate surface area is 173 Å². The number of benzene rings is 1. The van der Waals surface area contributed by atoms with Crippen LogP contribution in [-0.4, -0.2) is 35.4 Å². The number of hydrogen-bond acceptors (Lipinski definition) is 3. The molecule has 6 nitrogen and oxygen atoms in total. The lowest BCUT2D eigenvalue weighted by atomic mass is 10.1. The van der Waals surface area contributed by atoms with Gasteiger partial charge in [-0.1, -0.05) is 13.8 Å². The van der Waals surface area contributed by atoms with Gasteiger partial charge in [0.05, 0.1) is 25.0 Å². The molecule has 0 aliphatic rings. The quantitative estimate of drug-likeness (QED) is 0.368. The Balaban J connectivity index is 0.00000338. The molecule has 0 saturated heterocycles. The van der Waals surface area contributed by atoms with Crippen molar-refractivity contribution in [3.63, 3.8) is 0 Å². The maximum Gasteiger partial charge on any atom is 0.191 e. The maximum absolute atomic E-state index is 5.19. The molecule has 1 aromatic heterocycles. The zero-order valence-corrected chi connectivity index (χ0v) is 18.5. The molecule has 0 fully saturated rings. The second-order valence-electron chi connectivity index (χ2n) is 6.32. The molecule has 0 aliphatic heterocycles. The van der Waals surface area contributed by atoms with Crippen molar-refractivity contribution in [2.24, 2.45) is 10.9 Å². The maximum atomic E-state index is 5.19. The van der Waals surface area contributed by atoms with Crippen molar-refractivity contribution in [2.45, 2.75) is 40.3 Å². The number of aliphatic imine (C=N–C) groups is 1. The van der Waals surface area contributed by atoms with Gasteiger partial charge in [-0.3, -0.25) is 0 Å². The van der Waals surface area contributed by atoms with Crippen LogP contribution in [0.3, 0.4) is 0 Å². The highest BCUT2D eigenvalue weighted by Crippen LogP contribution is 2.14. The fourth-order valence-corrected chi connectivity index (χ4v) is 2.19. The molecule has 144 valence electrons. The van der Waals surface area contributed by atoms with Crippen LogP contribution >= 0.6 is 24.0 Å². The largest absolute Gasteiger partial charge is 0.497 e. The number of nitrogens with one attached hydrogen (secondary N) is 2. The van der Waals surface area contributed by atoms with Crippen molar-refractivity contribution < 1.29 is 4.74 Å². The number of nitrogens with zero attached hydrogens (tertiary/aromatic N) is 3. The molecule has 1 unspecified atom stereocenters. The molecule has 1 aromatic carbocycles. The highest BCUT2D eigenvalue weighted by atomic mass is 127. The SMILES string of the molecule is CCNC(=NCc1ccn(-c2ccc(OC)cc2)n1)NC(C)C(C)C.I. The number of aromatic nitrogens is 2. The minimum Gasteiger partial charge on any atom is -0.497 e. The Hall–Kier alpha value is -1.77. The van der Waals surface area contributed by atoms with Crippen molar-refractivity contribution in [1.82, 2.24) is 20.4 Å². The summed E-state index contributed by atoms with van der Waals surface area (Å²) >= 11 is 0. The number of hydrogen-bond donors (Lipinski definition) is 2. The first-order valence-corrected chi connectivity index (χ1v) is 8.77. The highest BCUT2D eigenvalue weighted by molar-refractivity contribution is 14.0. The van der Waals surface area contributed by atoms with E-state index in [-0.39, 0.29) is 24.0 Å². The number of methoxy groups -OCH3 is 1. The zero-order valence-electron chi connectivity index (χ0n) is 16.2. The molecular weight excluding hydrogens is 441 g/mol. The molecule has 26 heavy (non-hydrogen) atoms. The summed E-state index contributed by atoms with van der Waals surface area (Å²) in [6.45, 7) is 9.97. The molecule has 7 heteroatoms. The summed E-state index contributed by atoms with van der Waals surface area (Å²) in [5, 5.41) is 11.3. The average Bonchev–Trinajstić information content (AvgIpc) is 3.08. The normalized spacial score (nSPS) is 12.5. The van der Waals surface area contributed by atoms with Crippen molar-refractivity contribution in [2.75, 3.05) is 13.7 Å². The van der Waals surface area contributed by atoms with Gasteiger partial charge in [0.2, 0.25) is 0 Å². The Bertz CT molecular complexity index is 681. The van der Waals surface area contributed by atoms with E-state index in [0.29, 0.717) is 18.5 Å². The number of rotatable bonds is 7. The van der Waals surface area contributed by atoms with Crippen molar-refractivity contribution in [3.05, 3.63) is 42.2 Å². The van der Waals surface area contributed by atoms with Crippen LogP contribution in [0.25, 0.3) is 5.69 Å². The van der Waals surface area contributed by atoms with Crippen molar-refractivity contribution in [1.29, 1.82) is 0 Å². The second-order valence-corrected chi connectivity index (χ2v) is 6.32. The van der Waals surface area contributed by atoms with E-state index < -0.39 is 0 Å². The molecule has 2 N–H and O–H groups in total. The lowest BCUT2D eigenvalue weighted by Crippen LogP contribution is -2.44. The lowest BCUT2D eigenvalue weighted by Gasteiger charge is -2.20. The monoisotopic (exact) mass is 471 g/mol. The second kappa shape index (κ2) is 11.1. The molecule has 0 amide bonds. The average molecular weight is 471 g/mol. The van der Waals surface area contributed by atoms with Gasteiger partial charge >= 0.3 is 0 Å². The predicted octanol–water partition coefficient (Wildman–Crippen LogP) is 3.60. The van der Waals surface area contributed by atoms with Crippen molar-refractivity contribution >= 4 is 29.9 Å². The molecule has 2 rings (SSSR count). The third-order valence-electron chi connectivity index (χ3n) is 4.09. The Morgan fingerprint density at radius 3 is 2.46 bits per heavy atom. The summed E-state index contributed by atoms with van der Waals surface area (Å²) in [5.74, 6) is 2.20. The van der Waals surface area contributed by atoms with Crippen LogP contribution in [0.1, 0.15) is 33.4 Å². The summed E-state index contributed by atoms with van der Waals surface area (Å²) < 4.78 is 7.03. The molecule has 0 aliphatic carbocycles. The van der Waals surface area contributed by atoms with Crippen LogP contribution in [0.2, 0.25) is 0 Å². The van der Waals surface area contributed by atoms with Crippen LogP contribution in [0.5, 0.6) is 5.75 Å². The summed E-state index contributed by atoms with van der Waals surface area (Å²) in [7, 11) is 1.66. The minimum atomic E-state index is 0. The number of ether oxygens (including phenoxy) is 1. The van der Waals surface area contributed by atoms with Crippen LogP contribution in [-0.2, 0) is 6.54 Å². The molecule has 1 heterocycles. The Morgan fingerprint density at radius 1 is 1.19 bits per heavy atom. The first kappa shape index (κ1) is 22.3. The van der Waals surface area contributed by atoms with Crippen molar-refractivity contribution in [3.8, 4) is 11.4 Å². The predicted molar refractivity (Wildman–Crippen MR) is 118 cm³/mol. The van der Waals surface area contributed by atoms with Gasteiger partial charge in [0, 0.05) is 18.8 Å². The number of halogens is 1. The fraction of sp³-hybridized carbons (Fsp3) is 0.474. The Morgan fingerprint density at radius 2 is 1.88 bits per heavy atom. The molecule has 2 aromatic rings. The first-order valence-electron chi connectivity index (χ1n) is 8.77. The Kier molecular flexibility index (Phi) is 9.47. The molecule has 0 saturated carbocycles. The first-order chi connectivity index (χ1) is 12.0. The van der Waals surface area contributed by atoms with E-state index in [2.05, 4.69) is 48.4 Å². The van der Waals surface area contributed by atoms with Crippen LogP contribution < -0.4 is 15.4 Å². The van der Waals surface area contributed by atoms with E-state index in [0.717, 1.165) is 29.6 Å². The van der Waals surface area contributed by atoms with E-state index in [1.807, 2.05) is 41.2 Å². The van der Waals surface area contributed by atoms with Gasteiger partial charge in [-0.2, -0.15) is 5.10 Å². The summed E-state index contributed by atoms with van der Waals surface area (Å²) in [6, 6.07) is 10.2. The van der Waals surface area contributed by atoms with Gasteiger partial charge in [0.1, 0.15) is 5.75 Å². The van der Waals surface area contributed by atoms with Gasteiger partial charge in [-0.15, -0.1) is 24.0 Å². The van der Waals surface area contributed by atoms with E-state index in [4.69, 9.17) is 4.74 Å². The smallest absolute Gasteiger partial charge is 0.191 e. The third-order valence-corrected chi connectivity index (χ3v) is 4.09. The molecule has 1 atom stereocenters. The molecule has 0 bridgehead atoms. The topological polar surface area (TPSA) is 63.5 Å². The zero-order chi connectivity index (χ0) is 18.2. The van der Waals surface area contributed by atoms with E-state index in [1.165, 1.54) is 0 Å². The highest BCUT2D eigenvalue weighted by Gasteiger charge is 2.09. The van der Waals surface area contributed by atoms with E-state index in [9.17, 15) is 0 Å². The fourth-order valence-electron chi connectivity index (χ4n) is 2.19. The number of guanidine groups is 1. The van der Waals surface area contributed by atoms with Crippen LogP contribution in [0.4, 0.5) is 0 Å². The summed E-state index contributed by atoms with van der Waals surface area (Å²) in [6.07, 6.45) is 1.95. The van der Waals surface area contributed by atoms with Gasteiger partial charge in [-0.25, -0.2) is 9.67 Å². The summed E-state index contributed by atoms with van der Waals surface area (Å²) in [4.78, 5) is 4.64. The van der Waals surface area contributed by atoms with Gasteiger partial charge in [0.15, 0.2) is 5.96 Å². The molecule has 0 radical (unpaired) electrons. The van der Waals surface area contributed by atoms with Crippen LogP contribution in [0.15, 0.2) is 41.5 Å². The molecule has 0 spiro atoms. The summed E-state index contributed by atoms with van der Waals surface area (Å²) in [5.41, 5.74) is 1.92. The van der Waals surface area contributed by atoms with E-state index in [1.54, 1.807) is 7.11 Å². The third kappa shape index (κ3) is 6.51. The van der Waals surface area contributed by atoms with Gasteiger partial charge in [-0.05, 0) is 50.1 Å². The van der Waals surface area contributed by atoms with Gasteiger partial charge < -0.3 is 15.4 Å². The minimum absolute atomic E-state index is 0. The van der Waals surface area contributed by atoms with Gasteiger partial charge in [0.25, 0.3) is 0 Å². The molecular formula is C19H30IN5O. The standard InChI is InChI=1S/C19H29N5O.HI/c1-6-20-19(22-15(4)14(2)3)21-13-16-11-12-24(23-16)17-7-9-18(25-5)10-8-17;/h7-12,14-15H,6,13H2,1-5H3,(H2,20,21,22);1H. The van der Waals surface area contributed by atoms with Crippen LogP contribution in [0, 0.1) is 5.92 Å². The van der Waals surface area contributed by atoms with E-state index >= 15 is 0 Å².